The van der Waals surface area contributed by atoms with Crippen LogP contribution in [0.25, 0.3) is 99.4 Å². The molecule has 0 aliphatic heterocycles. The van der Waals surface area contributed by atoms with E-state index in [4.69, 9.17) is 0 Å². The number of benzene rings is 10. The molecule has 10 aromatic rings. The summed E-state index contributed by atoms with van der Waals surface area (Å²) in [5, 5.41) is 5.23. The highest BCUT2D eigenvalue weighted by Crippen LogP contribution is 2.65. The van der Waals surface area contributed by atoms with Gasteiger partial charge in [-0.05, 0) is 146 Å². The fraction of sp³-hybridized carbons (Fsp3) is 0.0175. The molecule has 0 heteroatoms. The van der Waals surface area contributed by atoms with E-state index < -0.39 is 0 Å². The molecule has 0 amide bonds. The molecular formula is C57H34. The van der Waals surface area contributed by atoms with E-state index in [1.54, 1.807) is 0 Å². The minimum atomic E-state index is -0.387. The number of hydrogen-bond acceptors (Lipinski definition) is 0. The van der Waals surface area contributed by atoms with Crippen molar-refractivity contribution < 1.29 is 0 Å². The van der Waals surface area contributed by atoms with E-state index in [1.807, 2.05) is 0 Å². The summed E-state index contributed by atoms with van der Waals surface area (Å²) in [4.78, 5) is 0. The molecule has 0 nitrogen and oxygen atoms in total. The van der Waals surface area contributed by atoms with Gasteiger partial charge in [0.2, 0.25) is 0 Å². The highest BCUT2D eigenvalue weighted by molar-refractivity contribution is 6.22. The molecule has 0 aromatic heterocycles. The molecule has 0 bridgehead atoms. The van der Waals surface area contributed by atoms with E-state index in [2.05, 4.69) is 206 Å². The van der Waals surface area contributed by atoms with Crippen LogP contribution < -0.4 is 0 Å². The van der Waals surface area contributed by atoms with Crippen LogP contribution in [0.1, 0.15) is 22.3 Å². The van der Waals surface area contributed by atoms with Gasteiger partial charge in [0.25, 0.3) is 0 Å². The van der Waals surface area contributed by atoms with Crippen molar-refractivity contribution in [3.63, 3.8) is 0 Å². The van der Waals surface area contributed by atoms with Gasteiger partial charge in [-0.15, -0.1) is 0 Å². The first-order valence-corrected chi connectivity index (χ1v) is 20.0. The van der Waals surface area contributed by atoms with Gasteiger partial charge in [0.15, 0.2) is 0 Å². The van der Waals surface area contributed by atoms with Gasteiger partial charge >= 0.3 is 0 Å². The Morgan fingerprint density at radius 2 is 0.754 bits per heavy atom. The van der Waals surface area contributed by atoms with E-state index in [1.165, 1.54) is 122 Å². The summed E-state index contributed by atoms with van der Waals surface area (Å²) in [5.41, 5.74) is 23.3. The van der Waals surface area contributed by atoms with Crippen LogP contribution in [0.3, 0.4) is 0 Å². The van der Waals surface area contributed by atoms with Gasteiger partial charge in [-0.3, -0.25) is 0 Å². The number of hydrogen-bond donors (Lipinski definition) is 0. The minimum absolute atomic E-state index is 0.387. The second-order valence-electron chi connectivity index (χ2n) is 15.9. The third-order valence-corrected chi connectivity index (χ3v) is 13.2. The summed E-state index contributed by atoms with van der Waals surface area (Å²) in [7, 11) is 0. The lowest BCUT2D eigenvalue weighted by Gasteiger charge is -2.30. The number of rotatable bonds is 3. The molecule has 1 spiro atoms. The molecule has 13 rings (SSSR count). The molecule has 57 heavy (non-hydrogen) atoms. The van der Waals surface area contributed by atoms with E-state index in [9.17, 15) is 0 Å². The Bertz CT molecular complexity index is 3230. The Kier molecular flexibility index (Phi) is 6.19. The summed E-state index contributed by atoms with van der Waals surface area (Å²) in [6.45, 7) is 0. The van der Waals surface area contributed by atoms with Gasteiger partial charge in [0.05, 0.1) is 5.41 Å². The molecule has 0 unspecified atom stereocenters. The van der Waals surface area contributed by atoms with Crippen molar-refractivity contribution in [2.24, 2.45) is 0 Å². The molecule has 0 fully saturated rings. The first-order valence-electron chi connectivity index (χ1n) is 20.0. The minimum Gasteiger partial charge on any atom is -0.0622 e. The monoisotopic (exact) mass is 718 g/mol. The van der Waals surface area contributed by atoms with Gasteiger partial charge in [0, 0.05) is 0 Å². The zero-order valence-corrected chi connectivity index (χ0v) is 31.1. The van der Waals surface area contributed by atoms with Crippen molar-refractivity contribution >= 4 is 21.5 Å². The third-order valence-electron chi connectivity index (χ3n) is 13.2. The van der Waals surface area contributed by atoms with Crippen LogP contribution in [-0.4, -0.2) is 0 Å². The van der Waals surface area contributed by atoms with Gasteiger partial charge < -0.3 is 0 Å². The predicted molar refractivity (Wildman–Crippen MR) is 238 cm³/mol. The molecule has 262 valence electrons. The fourth-order valence-electron chi connectivity index (χ4n) is 11.0. The molecule has 0 saturated heterocycles. The zero-order valence-electron chi connectivity index (χ0n) is 31.1. The highest BCUT2D eigenvalue weighted by Gasteiger charge is 2.52. The molecule has 0 saturated carbocycles. The quantitative estimate of drug-likeness (QED) is 0.171. The molecular weight excluding hydrogens is 685 g/mol. The SMILES string of the molecule is c1ccc(-c2cccc(-c3ccccc3)c2-c2ccc3cc4c(cc3c2)-c2cc3c(c5cccc-4c25)-c2ccccc2C32c3ccccc3-c3ccccc32)cc1. The first-order chi connectivity index (χ1) is 28.3. The van der Waals surface area contributed by atoms with E-state index >= 15 is 0 Å². The normalized spacial score (nSPS) is 13.4. The van der Waals surface area contributed by atoms with Gasteiger partial charge in [-0.25, -0.2) is 0 Å². The van der Waals surface area contributed by atoms with Crippen molar-refractivity contribution in [2.45, 2.75) is 5.41 Å². The zero-order chi connectivity index (χ0) is 37.2. The second-order valence-corrected chi connectivity index (χ2v) is 15.9. The Labute approximate surface area is 332 Å². The Balaban J connectivity index is 1.08. The maximum atomic E-state index is 2.58. The van der Waals surface area contributed by atoms with Crippen molar-refractivity contribution in [1.82, 2.24) is 0 Å². The maximum Gasteiger partial charge on any atom is 0.0725 e. The van der Waals surface area contributed by atoms with Crippen molar-refractivity contribution in [3.05, 3.63) is 229 Å². The molecule has 0 N–H and O–H groups in total. The van der Waals surface area contributed by atoms with Crippen LogP contribution in [0.4, 0.5) is 0 Å². The summed E-state index contributed by atoms with van der Waals surface area (Å²) >= 11 is 0. The molecule has 3 aliphatic carbocycles. The van der Waals surface area contributed by atoms with Gasteiger partial charge in [0.1, 0.15) is 0 Å². The Morgan fingerprint density at radius 3 is 1.42 bits per heavy atom. The van der Waals surface area contributed by atoms with Crippen LogP contribution in [0.2, 0.25) is 0 Å². The fourth-order valence-corrected chi connectivity index (χ4v) is 11.0. The molecule has 0 atom stereocenters. The average molecular weight is 719 g/mol. The predicted octanol–water partition coefficient (Wildman–Crippen LogP) is 15.0. The lowest BCUT2D eigenvalue weighted by atomic mass is 9.70. The van der Waals surface area contributed by atoms with E-state index in [0.29, 0.717) is 0 Å². The lowest BCUT2D eigenvalue weighted by Crippen LogP contribution is -2.25. The number of fused-ring (bicyclic) bond motifs is 15. The molecule has 3 aliphatic rings. The summed E-state index contributed by atoms with van der Waals surface area (Å²) < 4.78 is 0. The van der Waals surface area contributed by atoms with Crippen LogP contribution in [0, 0.1) is 0 Å². The smallest absolute Gasteiger partial charge is 0.0622 e. The van der Waals surface area contributed by atoms with E-state index in [0.717, 1.165) is 0 Å². The van der Waals surface area contributed by atoms with Crippen molar-refractivity contribution in [2.75, 3.05) is 0 Å². The van der Waals surface area contributed by atoms with Crippen molar-refractivity contribution in [1.29, 1.82) is 0 Å². The highest BCUT2D eigenvalue weighted by atomic mass is 14.5. The van der Waals surface area contributed by atoms with Crippen LogP contribution in [0.5, 0.6) is 0 Å². The molecule has 10 aromatic carbocycles. The maximum absolute atomic E-state index is 2.58. The largest absolute Gasteiger partial charge is 0.0725 e. The van der Waals surface area contributed by atoms with Crippen molar-refractivity contribution in [3.8, 4) is 77.9 Å². The first kappa shape index (κ1) is 31.0. The van der Waals surface area contributed by atoms with Gasteiger partial charge in [-0.1, -0.05) is 182 Å². The Hall–Kier alpha value is -7.28. The van der Waals surface area contributed by atoms with Crippen LogP contribution in [-0.2, 0) is 5.41 Å². The van der Waals surface area contributed by atoms with E-state index in [-0.39, 0.29) is 5.41 Å². The summed E-state index contributed by atoms with van der Waals surface area (Å²) in [6.07, 6.45) is 0. The topological polar surface area (TPSA) is 0 Å². The van der Waals surface area contributed by atoms with Crippen LogP contribution >= 0.6 is 0 Å². The molecule has 0 radical (unpaired) electrons. The van der Waals surface area contributed by atoms with Gasteiger partial charge in [-0.2, -0.15) is 0 Å². The standard InChI is InChI=1S/C57H34/c1-3-15-35(16-4-1)40-22-13-23-41(36-17-5-2-6-18-36)54(40)38-30-29-37-32-47-44-24-14-25-46-55(44)49(48(47)33-39(37)31-38)34-53-56(46)45-21-9-12-28-52(45)57(53)50-26-10-7-19-42(50)43-20-8-11-27-51(43)57/h1-34H. The third kappa shape index (κ3) is 4.02. The summed E-state index contributed by atoms with van der Waals surface area (Å²) in [5.74, 6) is 0. The average Bonchev–Trinajstić information content (AvgIpc) is 3.88. The Morgan fingerprint density at radius 1 is 0.246 bits per heavy atom. The van der Waals surface area contributed by atoms with Crippen LogP contribution in [0.15, 0.2) is 206 Å². The molecule has 0 heterocycles. The summed E-state index contributed by atoms with van der Waals surface area (Å²) in [6, 6.07) is 77.4. The second kappa shape index (κ2) is 11.4. The lowest BCUT2D eigenvalue weighted by molar-refractivity contribution is 0.795.